The molecule has 0 nitrogen and oxygen atoms in total. The first kappa shape index (κ1) is 10.1. The smallest absolute Gasteiger partial charge is 0.0406 e. The van der Waals surface area contributed by atoms with E-state index in [1.807, 2.05) is 12.1 Å². The predicted octanol–water partition coefficient (Wildman–Crippen LogP) is 4.06. The number of halogens is 2. The summed E-state index contributed by atoms with van der Waals surface area (Å²) in [4.78, 5) is 0. The first-order chi connectivity index (χ1) is 5.83. The summed E-state index contributed by atoms with van der Waals surface area (Å²) in [5, 5.41) is 1.92. The number of alkyl halides is 1. The Balaban J connectivity index is 2.37. The maximum atomic E-state index is 5.77. The molecule has 1 aromatic rings. The zero-order chi connectivity index (χ0) is 8.81. The Morgan fingerprint density at radius 1 is 1.08 bits per heavy atom. The van der Waals surface area contributed by atoms with Crippen molar-refractivity contribution < 1.29 is 0 Å². The van der Waals surface area contributed by atoms with E-state index in [2.05, 4.69) is 28.1 Å². The van der Waals surface area contributed by atoms with E-state index in [1.54, 1.807) is 0 Å². The van der Waals surface area contributed by atoms with Crippen molar-refractivity contribution in [3.63, 3.8) is 0 Å². The Bertz CT molecular complexity index is 218. The van der Waals surface area contributed by atoms with Gasteiger partial charge in [0, 0.05) is 10.4 Å². The first-order valence-electron chi connectivity index (χ1n) is 4.13. The van der Waals surface area contributed by atoms with Gasteiger partial charge in [0.2, 0.25) is 0 Å². The molecule has 0 saturated carbocycles. The van der Waals surface area contributed by atoms with Crippen molar-refractivity contribution in [3.05, 3.63) is 34.9 Å². The second-order valence-electron chi connectivity index (χ2n) is 2.77. The van der Waals surface area contributed by atoms with Crippen LogP contribution in [-0.4, -0.2) is 5.33 Å². The standard InChI is InChI=1S/C10H12BrCl/c11-8-2-1-3-9-4-6-10(12)7-5-9/h4-7H,1-3,8H2. The molecule has 0 spiro atoms. The van der Waals surface area contributed by atoms with Gasteiger partial charge in [0.25, 0.3) is 0 Å². The lowest BCUT2D eigenvalue weighted by Crippen LogP contribution is -1.85. The van der Waals surface area contributed by atoms with Gasteiger partial charge < -0.3 is 0 Å². The average molecular weight is 248 g/mol. The van der Waals surface area contributed by atoms with Gasteiger partial charge in [0.1, 0.15) is 0 Å². The van der Waals surface area contributed by atoms with E-state index < -0.39 is 0 Å². The summed E-state index contributed by atoms with van der Waals surface area (Å²) >= 11 is 9.18. The van der Waals surface area contributed by atoms with Gasteiger partial charge in [0.15, 0.2) is 0 Å². The van der Waals surface area contributed by atoms with Gasteiger partial charge in [0.05, 0.1) is 0 Å². The fourth-order valence-corrected chi connectivity index (χ4v) is 1.60. The van der Waals surface area contributed by atoms with Crippen LogP contribution in [0.15, 0.2) is 24.3 Å². The van der Waals surface area contributed by atoms with E-state index in [9.17, 15) is 0 Å². The summed E-state index contributed by atoms with van der Waals surface area (Å²) in [5.41, 5.74) is 1.38. The second-order valence-corrected chi connectivity index (χ2v) is 4.00. The largest absolute Gasteiger partial charge is 0.0928 e. The SMILES string of the molecule is Clc1ccc(CCCCBr)cc1. The van der Waals surface area contributed by atoms with E-state index in [0.29, 0.717) is 0 Å². The molecule has 2 heteroatoms. The maximum absolute atomic E-state index is 5.77. The van der Waals surface area contributed by atoms with E-state index in [1.165, 1.54) is 18.4 Å². The summed E-state index contributed by atoms with van der Waals surface area (Å²) in [5.74, 6) is 0. The highest BCUT2D eigenvalue weighted by Gasteiger charge is 1.92. The van der Waals surface area contributed by atoms with E-state index in [-0.39, 0.29) is 0 Å². The maximum Gasteiger partial charge on any atom is 0.0406 e. The van der Waals surface area contributed by atoms with E-state index in [4.69, 9.17) is 11.6 Å². The Morgan fingerprint density at radius 3 is 2.33 bits per heavy atom. The molecule has 0 fully saturated rings. The average Bonchev–Trinajstić information content (AvgIpc) is 2.09. The first-order valence-corrected chi connectivity index (χ1v) is 5.63. The minimum Gasteiger partial charge on any atom is -0.0928 e. The van der Waals surface area contributed by atoms with Crippen LogP contribution in [0, 0.1) is 0 Å². The predicted molar refractivity (Wildman–Crippen MR) is 58.2 cm³/mol. The van der Waals surface area contributed by atoms with E-state index >= 15 is 0 Å². The molecule has 1 rings (SSSR count). The number of rotatable bonds is 4. The highest BCUT2D eigenvalue weighted by molar-refractivity contribution is 9.09. The van der Waals surface area contributed by atoms with Crippen LogP contribution in [0.4, 0.5) is 0 Å². The molecule has 1 aromatic carbocycles. The Labute approximate surface area is 87.1 Å². The molecular weight excluding hydrogens is 235 g/mol. The molecule has 0 bridgehead atoms. The van der Waals surface area contributed by atoms with Gasteiger partial charge in [-0.15, -0.1) is 0 Å². The van der Waals surface area contributed by atoms with Crippen molar-refractivity contribution in [1.82, 2.24) is 0 Å². The van der Waals surface area contributed by atoms with Crippen LogP contribution in [0.1, 0.15) is 18.4 Å². The molecule has 0 radical (unpaired) electrons. The molecule has 66 valence electrons. The minimum atomic E-state index is 0.819. The summed E-state index contributed by atoms with van der Waals surface area (Å²) in [7, 11) is 0. The summed E-state index contributed by atoms with van der Waals surface area (Å²) < 4.78 is 0. The van der Waals surface area contributed by atoms with Crippen LogP contribution >= 0.6 is 27.5 Å². The Morgan fingerprint density at radius 2 is 1.75 bits per heavy atom. The number of aryl methyl sites for hydroxylation is 1. The monoisotopic (exact) mass is 246 g/mol. The molecule has 0 atom stereocenters. The quantitative estimate of drug-likeness (QED) is 0.556. The zero-order valence-corrected chi connectivity index (χ0v) is 9.24. The minimum absolute atomic E-state index is 0.819. The molecule has 0 aromatic heterocycles. The number of hydrogen-bond donors (Lipinski definition) is 0. The van der Waals surface area contributed by atoms with Crippen LogP contribution in [-0.2, 0) is 6.42 Å². The van der Waals surface area contributed by atoms with Crippen LogP contribution in [0.25, 0.3) is 0 Å². The number of hydrogen-bond acceptors (Lipinski definition) is 0. The summed E-state index contributed by atoms with van der Waals surface area (Å²) in [6.45, 7) is 0. The molecule has 0 heterocycles. The summed E-state index contributed by atoms with van der Waals surface area (Å²) in [6, 6.07) is 8.09. The van der Waals surface area contributed by atoms with Crippen molar-refractivity contribution >= 4 is 27.5 Å². The lowest BCUT2D eigenvalue weighted by atomic mass is 10.1. The normalized spacial score (nSPS) is 10.2. The Hall–Kier alpha value is -0.0100. The molecule has 0 saturated heterocycles. The van der Waals surface area contributed by atoms with Crippen molar-refractivity contribution in [2.24, 2.45) is 0 Å². The lowest BCUT2D eigenvalue weighted by molar-refractivity contribution is 0.806. The fourth-order valence-electron chi connectivity index (χ4n) is 1.07. The summed E-state index contributed by atoms with van der Waals surface area (Å²) in [6.07, 6.45) is 3.64. The van der Waals surface area contributed by atoms with Gasteiger partial charge in [-0.2, -0.15) is 0 Å². The molecule has 12 heavy (non-hydrogen) atoms. The van der Waals surface area contributed by atoms with Gasteiger partial charge in [-0.25, -0.2) is 0 Å². The van der Waals surface area contributed by atoms with Crippen LogP contribution in [0.2, 0.25) is 5.02 Å². The molecule has 0 unspecified atom stereocenters. The van der Waals surface area contributed by atoms with E-state index in [0.717, 1.165) is 16.8 Å². The second kappa shape index (κ2) is 5.60. The van der Waals surface area contributed by atoms with Crippen LogP contribution in [0.5, 0.6) is 0 Å². The molecule has 0 aliphatic carbocycles. The van der Waals surface area contributed by atoms with Crippen molar-refractivity contribution in [1.29, 1.82) is 0 Å². The van der Waals surface area contributed by atoms with Crippen LogP contribution in [0.3, 0.4) is 0 Å². The van der Waals surface area contributed by atoms with Gasteiger partial charge in [-0.05, 0) is 37.0 Å². The van der Waals surface area contributed by atoms with Gasteiger partial charge in [-0.1, -0.05) is 39.7 Å². The highest BCUT2D eigenvalue weighted by Crippen LogP contribution is 2.11. The molecule has 0 aliphatic heterocycles. The Kier molecular flexibility index (Phi) is 4.70. The zero-order valence-electron chi connectivity index (χ0n) is 6.89. The fraction of sp³-hybridized carbons (Fsp3) is 0.400. The third-order valence-corrected chi connectivity index (χ3v) is 2.58. The van der Waals surface area contributed by atoms with Gasteiger partial charge in [-0.3, -0.25) is 0 Å². The molecular formula is C10H12BrCl. The third kappa shape index (κ3) is 3.59. The van der Waals surface area contributed by atoms with Crippen molar-refractivity contribution in [2.75, 3.05) is 5.33 Å². The van der Waals surface area contributed by atoms with Crippen molar-refractivity contribution in [3.8, 4) is 0 Å². The van der Waals surface area contributed by atoms with Crippen LogP contribution < -0.4 is 0 Å². The number of benzene rings is 1. The molecule has 0 N–H and O–H groups in total. The lowest BCUT2D eigenvalue weighted by Gasteiger charge is -1.99. The topological polar surface area (TPSA) is 0 Å². The molecule has 0 aliphatic rings. The number of unbranched alkanes of at least 4 members (excludes halogenated alkanes) is 1. The third-order valence-electron chi connectivity index (χ3n) is 1.76. The van der Waals surface area contributed by atoms with Gasteiger partial charge >= 0.3 is 0 Å². The highest BCUT2D eigenvalue weighted by atomic mass is 79.9. The molecule has 0 amide bonds. The van der Waals surface area contributed by atoms with Crippen molar-refractivity contribution in [2.45, 2.75) is 19.3 Å².